The lowest BCUT2D eigenvalue weighted by atomic mass is 9.97. The number of hydrogen-bond donors (Lipinski definition) is 1. The molecule has 2 heteroatoms. The minimum absolute atomic E-state index is 0.588. The fourth-order valence-corrected chi connectivity index (χ4v) is 4.67. The smallest absolute Gasteiger partial charge is 0.0576 e. The topological polar surface area (TPSA) is 21.3 Å². The molecule has 0 radical (unpaired) electrons. The highest BCUT2D eigenvalue weighted by molar-refractivity contribution is 5.06. The van der Waals surface area contributed by atoms with Gasteiger partial charge in [-0.2, -0.15) is 0 Å². The summed E-state index contributed by atoms with van der Waals surface area (Å²) in [7, 11) is 0. The van der Waals surface area contributed by atoms with E-state index < -0.39 is 0 Å². The summed E-state index contributed by atoms with van der Waals surface area (Å²) in [6, 6.07) is 0.816. The van der Waals surface area contributed by atoms with Crippen LogP contribution in [0.25, 0.3) is 0 Å². The summed E-state index contributed by atoms with van der Waals surface area (Å²) in [5.74, 6) is 3.22. The molecule has 1 N–H and O–H groups in total. The zero-order valence-corrected chi connectivity index (χ0v) is 12.6. The fourth-order valence-electron chi connectivity index (χ4n) is 4.67. The van der Waals surface area contributed by atoms with Gasteiger partial charge in [0.05, 0.1) is 6.10 Å². The maximum atomic E-state index is 5.75. The van der Waals surface area contributed by atoms with E-state index in [-0.39, 0.29) is 0 Å². The lowest BCUT2D eigenvalue weighted by molar-refractivity contribution is 0.101. The zero-order valence-electron chi connectivity index (χ0n) is 12.6. The maximum absolute atomic E-state index is 5.75. The molecular weight excluding hydrogens is 234 g/mol. The van der Waals surface area contributed by atoms with Crippen LogP contribution in [0.3, 0.4) is 0 Å². The Morgan fingerprint density at radius 1 is 1.16 bits per heavy atom. The van der Waals surface area contributed by atoms with Crippen molar-refractivity contribution < 1.29 is 4.74 Å². The van der Waals surface area contributed by atoms with Gasteiger partial charge in [0.1, 0.15) is 0 Å². The normalized spacial score (nSPS) is 38.4. The van der Waals surface area contributed by atoms with Crippen molar-refractivity contribution in [2.24, 2.45) is 17.8 Å². The summed E-state index contributed by atoms with van der Waals surface area (Å²) < 4.78 is 5.75. The predicted molar refractivity (Wildman–Crippen MR) is 79.2 cm³/mol. The minimum Gasteiger partial charge on any atom is -0.378 e. The van der Waals surface area contributed by atoms with E-state index in [1.807, 2.05) is 0 Å². The minimum atomic E-state index is 0.588. The lowest BCUT2D eigenvalue weighted by Crippen LogP contribution is -2.33. The lowest BCUT2D eigenvalue weighted by Gasteiger charge is -2.21. The molecular formula is C17H31NO. The van der Waals surface area contributed by atoms with E-state index in [9.17, 15) is 0 Å². The molecule has 110 valence electrons. The van der Waals surface area contributed by atoms with Crippen molar-refractivity contribution in [3.05, 3.63) is 0 Å². The first-order valence-electron chi connectivity index (χ1n) is 8.75. The van der Waals surface area contributed by atoms with Crippen molar-refractivity contribution >= 4 is 0 Å². The van der Waals surface area contributed by atoms with Crippen molar-refractivity contribution in [3.63, 3.8) is 0 Å². The van der Waals surface area contributed by atoms with Gasteiger partial charge in [0.15, 0.2) is 0 Å². The van der Waals surface area contributed by atoms with Gasteiger partial charge < -0.3 is 10.1 Å². The van der Waals surface area contributed by atoms with Gasteiger partial charge in [0.25, 0.3) is 0 Å². The summed E-state index contributed by atoms with van der Waals surface area (Å²) in [5.41, 5.74) is 0. The monoisotopic (exact) mass is 265 g/mol. The fraction of sp³-hybridized carbons (Fsp3) is 1.00. The SMILES string of the molecule is CCCNC(CCCC1CCCO1)C1C2CCCC21. The van der Waals surface area contributed by atoms with E-state index in [0.29, 0.717) is 6.10 Å². The molecule has 2 nitrogen and oxygen atoms in total. The van der Waals surface area contributed by atoms with Gasteiger partial charge >= 0.3 is 0 Å². The molecule has 0 aromatic carbocycles. The third-order valence-electron chi connectivity index (χ3n) is 5.66. The number of nitrogens with one attached hydrogen (secondary N) is 1. The summed E-state index contributed by atoms with van der Waals surface area (Å²) in [6.45, 7) is 4.50. The molecule has 1 heterocycles. The van der Waals surface area contributed by atoms with Crippen LogP contribution in [0.5, 0.6) is 0 Å². The van der Waals surface area contributed by atoms with Gasteiger partial charge in [-0.15, -0.1) is 0 Å². The molecule has 0 spiro atoms. The summed E-state index contributed by atoms with van der Waals surface area (Å²) >= 11 is 0. The molecule has 3 aliphatic rings. The molecule has 4 atom stereocenters. The van der Waals surface area contributed by atoms with Crippen molar-refractivity contribution in [2.45, 2.75) is 76.9 Å². The molecule has 2 saturated carbocycles. The molecule has 2 aliphatic carbocycles. The second kappa shape index (κ2) is 6.58. The van der Waals surface area contributed by atoms with E-state index >= 15 is 0 Å². The van der Waals surface area contributed by atoms with Crippen LogP contribution in [0.2, 0.25) is 0 Å². The molecule has 0 aromatic rings. The Morgan fingerprint density at radius 3 is 2.68 bits per heavy atom. The average molecular weight is 265 g/mol. The molecule has 1 saturated heterocycles. The van der Waals surface area contributed by atoms with Crippen molar-refractivity contribution in [1.29, 1.82) is 0 Å². The van der Waals surface area contributed by atoms with Crippen LogP contribution in [0, 0.1) is 17.8 Å². The first-order valence-corrected chi connectivity index (χ1v) is 8.75. The number of hydrogen-bond acceptors (Lipinski definition) is 2. The third kappa shape index (κ3) is 3.33. The largest absolute Gasteiger partial charge is 0.378 e. The summed E-state index contributed by atoms with van der Waals surface area (Å²) in [6.07, 6.45) is 13.0. The van der Waals surface area contributed by atoms with Crippen LogP contribution in [0.15, 0.2) is 0 Å². The van der Waals surface area contributed by atoms with E-state index in [4.69, 9.17) is 4.74 Å². The van der Waals surface area contributed by atoms with Crippen LogP contribution >= 0.6 is 0 Å². The highest BCUT2D eigenvalue weighted by Crippen LogP contribution is 2.59. The molecule has 0 aromatic heterocycles. The molecule has 4 unspecified atom stereocenters. The highest BCUT2D eigenvalue weighted by Gasteiger charge is 2.55. The third-order valence-corrected chi connectivity index (χ3v) is 5.66. The molecule has 0 amide bonds. The van der Waals surface area contributed by atoms with Gasteiger partial charge in [-0.05, 0) is 75.7 Å². The van der Waals surface area contributed by atoms with Gasteiger partial charge in [0, 0.05) is 12.6 Å². The second-order valence-corrected chi connectivity index (χ2v) is 6.96. The Bertz CT molecular complexity index is 264. The molecule has 3 fully saturated rings. The molecule has 19 heavy (non-hydrogen) atoms. The van der Waals surface area contributed by atoms with Crippen LogP contribution in [0.1, 0.15) is 64.7 Å². The Kier molecular flexibility index (Phi) is 4.81. The standard InChI is InChI=1S/C17H31NO/c1-2-11-18-16(17-14-8-4-9-15(14)17)10-3-6-13-7-5-12-19-13/h13-18H,2-12H2,1H3. The Labute approximate surface area is 118 Å². The van der Waals surface area contributed by atoms with Crippen LogP contribution < -0.4 is 5.32 Å². The molecule has 0 bridgehead atoms. The average Bonchev–Trinajstić information content (AvgIpc) is 2.87. The summed E-state index contributed by atoms with van der Waals surface area (Å²) in [4.78, 5) is 0. The quantitative estimate of drug-likeness (QED) is 0.721. The van der Waals surface area contributed by atoms with E-state index in [2.05, 4.69) is 12.2 Å². The Morgan fingerprint density at radius 2 is 2.00 bits per heavy atom. The Balaban J connectivity index is 1.40. The van der Waals surface area contributed by atoms with Crippen LogP contribution in [0.4, 0.5) is 0 Å². The zero-order chi connectivity index (χ0) is 13.1. The van der Waals surface area contributed by atoms with Gasteiger partial charge in [0.2, 0.25) is 0 Å². The number of fused-ring (bicyclic) bond motifs is 1. The number of rotatable bonds is 8. The van der Waals surface area contributed by atoms with E-state index in [0.717, 1.165) is 30.4 Å². The van der Waals surface area contributed by atoms with Crippen molar-refractivity contribution in [2.75, 3.05) is 13.2 Å². The highest BCUT2D eigenvalue weighted by atomic mass is 16.5. The first-order chi connectivity index (χ1) is 9.40. The van der Waals surface area contributed by atoms with Gasteiger partial charge in [-0.3, -0.25) is 0 Å². The molecule has 3 rings (SSSR count). The van der Waals surface area contributed by atoms with Crippen molar-refractivity contribution in [3.8, 4) is 0 Å². The van der Waals surface area contributed by atoms with E-state index in [1.54, 1.807) is 0 Å². The van der Waals surface area contributed by atoms with Crippen molar-refractivity contribution in [1.82, 2.24) is 5.32 Å². The second-order valence-electron chi connectivity index (χ2n) is 6.96. The van der Waals surface area contributed by atoms with Gasteiger partial charge in [-0.25, -0.2) is 0 Å². The maximum Gasteiger partial charge on any atom is 0.0576 e. The van der Waals surface area contributed by atoms with E-state index in [1.165, 1.54) is 64.3 Å². The summed E-state index contributed by atoms with van der Waals surface area (Å²) in [5, 5.41) is 3.84. The van der Waals surface area contributed by atoms with Crippen LogP contribution in [-0.2, 0) is 4.74 Å². The van der Waals surface area contributed by atoms with Gasteiger partial charge in [-0.1, -0.05) is 13.3 Å². The predicted octanol–water partition coefficient (Wildman–Crippen LogP) is 3.75. The molecule has 1 aliphatic heterocycles. The number of ether oxygens (including phenoxy) is 1. The first kappa shape index (κ1) is 13.9. The Hall–Kier alpha value is -0.0800. The van der Waals surface area contributed by atoms with Crippen LogP contribution in [-0.4, -0.2) is 25.3 Å².